The Morgan fingerprint density at radius 2 is 1.89 bits per heavy atom. The number of hydrogen-bond donors (Lipinski definition) is 0. The number of rotatable bonds is 5. The molecule has 9 heteroatoms. The zero-order valence-electron chi connectivity index (χ0n) is 16.7. The lowest BCUT2D eigenvalue weighted by Crippen LogP contribution is -2.21. The Morgan fingerprint density at radius 3 is 2.54 bits per heavy atom. The Hall–Kier alpha value is -3.36. The van der Waals surface area contributed by atoms with Crippen molar-refractivity contribution in [3.63, 3.8) is 0 Å². The van der Waals surface area contributed by atoms with Crippen molar-refractivity contribution in [2.45, 2.75) is 27.7 Å². The molecule has 4 rings (SSSR count). The lowest BCUT2D eigenvalue weighted by Gasteiger charge is -2.21. The number of hydrogen-bond acceptors (Lipinski definition) is 7. The highest BCUT2D eigenvalue weighted by Crippen LogP contribution is 2.27. The van der Waals surface area contributed by atoms with Crippen molar-refractivity contribution in [3.05, 3.63) is 35.9 Å². The number of aryl methyl sites for hydroxylation is 2. The van der Waals surface area contributed by atoms with E-state index in [1.165, 1.54) is 10.5 Å². The van der Waals surface area contributed by atoms with Gasteiger partial charge in [0.05, 0.1) is 11.4 Å². The van der Waals surface area contributed by atoms with E-state index in [0.29, 0.717) is 17.5 Å². The van der Waals surface area contributed by atoms with Crippen LogP contribution < -0.4 is 4.90 Å². The van der Waals surface area contributed by atoms with E-state index in [9.17, 15) is 0 Å². The first kappa shape index (κ1) is 18.0. The number of anilines is 1. The van der Waals surface area contributed by atoms with Gasteiger partial charge in [0.15, 0.2) is 0 Å². The molecule has 2 aromatic heterocycles. The van der Waals surface area contributed by atoms with Crippen LogP contribution >= 0.6 is 0 Å². The molecule has 0 bridgehead atoms. The standard InChI is InChI=1S/C19H23N9/c1-6-27(7-2)14-8-9-15(12(3)10-14)21-16-13(4)24-28-18(16)22-17(25-28)19-23-20-11-26(19)5/h8-11H,6-7H2,1-5H3/b21-16-. The lowest BCUT2D eigenvalue weighted by atomic mass is 10.1. The molecule has 1 aliphatic heterocycles. The third-order valence-electron chi connectivity index (χ3n) is 4.84. The quantitative estimate of drug-likeness (QED) is 0.682. The van der Waals surface area contributed by atoms with Gasteiger partial charge in [-0.15, -0.1) is 20.1 Å². The molecule has 0 N–H and O–H groups in total. The average Bonchev–Trinajstić information content (AvgIpc) is 3.34. The second-order valence-corrected chi connectivity index (χ2v) is 6.70. The molecule has 1 aliphatic rings. The van der Waals surface area contributed by atoms with E-state index in [0.717, 1.165) is 35.8 Å². The summed E-state index contributed by atoms with van der Waals surface area (Å²) in [7, 11) is 1.85. The maximum atomic E-state index is 4.85. The van der Waals surface area contributed by atoms with Crippen molar-refractivity contribution in [3.8, 4) is 11.6 Å². The molecule has 3 aromatic rings. The lowest BCUT2D eigenvalue weighted by molar-refractivity contribution is 0.743. The number of fused-ring (bicyclic) bond motifs is 1. The van der Waals surface area contributed by atoms with Gasteiger partial charge in [0.25, 0.3) is 0 Å². The highest BCUT2D eigenvalue weighted by molar-refractivity contribution is 6.48. The predicted molar refractivity (Wildman–Crippen MR) is 109 cm³/mol. The van der Waals surface area contributed by atoms with E-state index in [1.807, 2.05) is 20.0 Å². The third-order valence-corrected chi connectivity index (χ3v) is 4.84. The Morgan fingerprint density at radius 1 is 1.11 bits per heavy atom. The van der Waals surface area contributed by atoms with Crippen LogP contribution in [0.1, 0.15) is 32.2 Å². The molecule has 0 unspecified atom stereocenters. The van der Waals surface area contributed by atoms with Gasteiger partial charge in [-0.2, -0.15) is 5.10 Å². The van der Waals surface area contributed by atoms with Crippen LogP contribution in [0, 0.1) is 6.92 Å². The summed E-state index contributed by atoms with van der Waals surface area (Å²) in [4.78, 5) is 13.3. The van der Waals surface area contributed by atoms with Gasteiger partial charge in [-0.1, -0.05) is 0 Å². The van der Waals surface area contributed by atoms with Crippen molar-refractivity contribution in [2.75, 3.05) is 18.0 Å². The molecule has 9 nitrogen and oxygen atoms in total. The molecule has 0 spiro atoms. The normalized spacial score (nSPS) is 14.5. The van der Waals surface area contributed by atoms with E-state index in [1.54, 1.807) is 10.9 Å². The Balaban J connectivity index is 1.72. The monoisotopic (exact) mass is 377 g/mol. The minimum atomic E-state index is 0.479. The van der Waals surface area contributed by atoms with Gasteiger partial charge < -0.3 is 9.47 Å². The van der Waals surface area contributed by atoms with E-state index >= 15 is 0 Å². The Bertz CT molecular complexity index is 1080. The molecule has 0 saturated heterocycles. The number of nitrogens with zero attached hydrogens (tertiary/aromatic N) is 9. The third kappa shape index (κ3) is 2.98. The summed E-state index contributed by atoms with van der Waals surface area (Å²) in [6.07, 6.45) is 1.62. The summed E-state index contributed by atoms with van der Waals surface area (Å²) < 4.78 is 1.77. The van der Waals surface area contributed by atoms with Gasteiger partial charge in [-0.3, -0.25) is 0 Å². The first-order valence-electron chi connectivity index (χ1n) is 9.33. The van der Waals surface area contributed by atoms with Crippen molar-refractivity contribution < 1.29 is 0 Å². The summed E-state index contributed by atoms with van der Waals surface area (Å²) in [6, 6.07) is 6.33. The van der Waals surface area contributed by atoms with Gasteiger partial charge in [-0.05, 0) is 51.5 Å². The molecular formula is C19H23N9. The molecule has 0 amide bonds. The van der Waals surface area contributed by atoms with Crippen LogP contribution in [0.2, 0.25) is 0 Å². The second kappa shape index (κ2) is 6.99. The summed E-state index contributed by atoms with van der Waals surface area (Å²) in [5.74, 6) is 1.68. The van der Waals surface area contributed by atoms with E-state index in [-0.39, 0.29) is 0 Å². The molecule has 28 heavy (non-hydrogen) atoms. The van der Waals surface area contributed by atoms with Gasteiger partial charge in [0.1, 0.15) is 12.0 Å². The fraction of sp³-hybridized carbons (Fsp3) is 0.368. The molecule has 3 heterocycles. The van der Waals surface area contributed by atoms with Crippen molar-refractivity contribution in [1.82, 2.24) is 29.6 Å². The molecule has 0 radical (unpaired) electrons. The minimum Gasteiger partial charge on any atom is -0.372 e. The number of aliphatic imine (C=N–C) groups is 1. The summed E-state index contributed by atoms with van der Waals surface area (Å²) >= 11 is 0. The van der Waals surface area contributed by atoms with Gasteiger partial charge in [0.2, 0.25) is 17.5 Å². The van der Waals surface area contributed by atoms with Crippen LogP contribution in [0.4, 0.5) is 11.4 Å². The maximum absolute atomic E-state index is 4.85. The van der Waals surface area contributed by atoms with Crippen LogP contribution in [0.25, 0.3) is 11.6 Å². The van der Waals surface area contributed by atoms with Crippen molar-refractivity contribution in [2.24, 2.45) is 17.1 Å². The zero-order valence-corrected chi connectivity index (χ0v) is 16.7. The predicted octanol–water partition coefficient (Wildman–Crippen LogP) is 2.59. The molecule has 0 atom stereocenters. The SMILES string of the molecule is CCN(CC)c1ccc(/N=C2/C(C)=Nn3nc(-c4nncn4C)nc32)c(C)c1. The smallest absolute Gasteiger partial charge is 0.221 e. The summed E-state index contributed by atoms with van der Waals surface area (Å²) in [5, 5.41) is 16.8. The van der Waals surface area contributed by atoms with Crippen LogP contribution in [0.3, 0.4) is 0 Å². The first-order valence-corrected chi connectivity index (χ1v) is 9.33. The molecular weight excluding hydrogens is 354 g/mol. The van der Waals surface area contributed by atoms with E-state index < -0.39 is 0 Å². The van der Waals surface area contributed by atoms with Crippen LogP contribution in [0.15, 0.2) is 34.6 Å². The van der Waals surface area contributed by atoms with Crippen LogP contribution in [0.5, 0.6) is 0 Å². The fourth-order valence-electron chi connectivity index (χ4n) is 3.26. The molecule has 0 aliphatic carbocycles. The molecule has 1 aromatic carbocycles. The largest absolute Gasteiger partial charge is 0.372 e. The zero-order chi connectivity index (χ0) is 19.8. The highest BCUT2D eigenvalue weighted by Gasteiger charge is 2.26. The Labute approximate surface area is 163 Å². The minimum absolute atomic E-state index is 0.479. The van der Waals surface area contributed by atoms with E-state index in [4.69, 9.17) is 4.99 Å². The average molecular weight is 377 g/mol. The summed E-state index contributed by atoms with van der Waals surface area (Å²) in [6.45, 7) is 10.3. The van der Waals surface area contributed by atoms with Crippen LogP contribution in [-0.4, -0.2) is 54.2 Å². The Kier molecular flexibility index (Phi) is 4.50. The van der Waals surface area contributed by atoms with Crippen molar-refractivity contribution >= 4 is 22.8 Å². The molecule has 0 fully saturated rings. The van der Waals surface area contributed by atoms with Gasteiger partial charge in [0, 0.05) is 25.8 Å². The summed E-state index contributed by atoms with van der Waals surface area (Å²) in [5.41, 5.74) is 4.72. The number of aromatic nitrogens is 6. The molecule has 0 saturated carbocycles. The van der Waals surface area contributed by atoms with Crippen molar-refractivity contribution in [1.29, 1.82) is 0 Å². The topological polar surface area (TPSA) is 89.4 Å². The van der Waals surface area contributed by atoms with Gasteiger partial charge >= 0.3 is 0 Å². The van der Waals surface area contributed by atoms with E-state index in [2.05, 4.69) is 63.2 Å². The number of benzene rings is 1. The molecule has 144 valence electrons. The first-order chi connectivity index (χ1) is 13.5. The second-order valence-electron chi connectivity index (χ2n) is 6.70. The fourth-order valence-corrected chi connectivity index (χ4v) is 3.26. The van der Waals surface area contributed by atoms with Gasteiger partial charge in [-0.25, -0.2) is 9.98 Å². The highest BCUT2D eigenvalue weighted by atomic mass is 15.6. The van der Waals surface area contributed by atoms with Crippen LogP contribution in [-0.2, 0) is 7.05 Å². The maximum Gasteiger partial charge on any atom is 0.221 e.